The van der Waals surface area contributed by atoms with Crippen LogP contribution in [0.1, 0.15) is 77.0 Å². The highest BCUT2D eigenvalue weighted by atomic mass is 14.9. The molecule has 2 atom stereocenters. The zero-order chi connectivity index (χ0) is 12.2. The molecule has 3 aliphatic carbocycles. The van der Waals surface area contributed by atoms with Gasteiger partial charge in [-0.1, -0.05) is 44.9 Å². The van der Waals surface area contributed by atoms with Gasteiger partial charge in [0.25, 0.3) is 0 Å². The summed E-state index contributed by atoms with van der Waals surface area (Å²) in [5, 5.41) is 3.88. The first-order chi connectivity index (χ1) is 8.92. The molecule has 0 aromatic rings. The maximum Gasteiger partial charge on any atom is 0.00698 e. The van der Waals surface area contributed by atoms with E-state index >= 15 is 0 Å². The van der Waals surface area contributed by atoms with E-state index in [0.717, 1.165) is 23.8 Å². The summed E-state index contributed by atoms with van der Waals surface area (Å²) < 4.78 is 0. The summed E-state index contributed by atoms with van der Waals surface area (Å²) >= 11 is 0. The van der Waals surface area contributed by atoms with Crippen molar-refractivity contribution in [3.05, 3.63) is 0 Å². The molecule has 0 aliphatic heterocycles. The number of rotatable bonds is 5. The molecule has 1 nitrogen and oxygen atoms in total. The van der Waals surface area contributed by atoms with Crippen LogP contribution in [0.2, 0.25) is 0 Å². The second kappa shape index (κ2) is 6.41. The summed E-state index contributed by atoms with van der Waals surface area (Å²) in [7, 11) is 0. The highest BCUT2D eigenvalue weighted by Gasteiger charge is 2.34. The molecule has 3 saturated carbocycles. The molecule has 1 N–H and O–H groups in total. The Morgan fingerprint density at radius 3 is 2.33 bits per heavy atom. The molecule has 0 bridgehead atoms. The Balaban J connectivity index is 1.32. The Labute approximate surface area is 113 Å². The van der Waals surface area contributed by atoms with Crippen molar-refractivity contribution in [3.8, 4) is 0 Å². The standard InChI is InChI=1S/C17H31N/c1-2-5-14(6-3-1)11-12-18-17-8-4-7-16(13-17)15-9-10-15/h14-18H,1-13H2. The molecule has 3 rings (SSSR count). The molecule has 3 fully saturated rings. The van der Waals surface area contributed by atoms with Gasteiger partial charge in [0.2, 0.25) is 0 Å². The van der Waals surface area contributed by atoms with Gasteiger partial charge in [-0.25, -0.2) is 0 Å². The molecule has 0 aromatic carbocycles. The Hall–Kier alpha value is -0.0400. The summed E-state index contributed by atoms with van der Waals surface area (Å²) in [5.41, 5.74) is 0. The minimum Gasteiger partial charge on any atom is -0.314 e. The van der Waals surface area contributed by atoms with Gasteiger partial charge in [-0.05, 0) is 56.4 Å². The van der Waals surface area contributed by atoms with Crippen molar-refractivity contribution in [3.63, 3.8) is 0 Å². The van der Waals surface area contributed by atoms with Crippen LogP contribution in [0.4, 0.5) is 0 Å². The normalized spacial score (nSPS) is 34.7. The first-order valence-corrected chi connectivity index (χ1v) is 8.65. The summed E-state index contributed by atoms with van der Waals surface area (Å²) in [6.45, 7) is 1.30. The molecular formula is C17H31N. The molecule has 0 aromatic heterocycles. The van der Waals surface area contributed by atoms with E-state index in [9.17, 15) is 0 Å². The Morgan fingerprint density at radius 2 is 1.56 bits per heavy atom. The second-order valence-corrected chi connectivity index (χ2v) is 7.21. The van der Waals surface area contributed by atoms with Gasteiger partial charge in [0.15, 0.2) is 0 Å². The minimum absolute atomic E-state index is 0.868. The molecular weight excluding hydrogens is 218 g/mol. The van der Waals surface area contributed by atoms with Crippen molar-refractivity contribution in [1.29, 1.82) is 0 Å². The largest absolute Gasteiger partial charge is 0.314 e. The van der Waals surface area contributed by atoms with Crippen LogP contribution < -0.4 is 5.32 Å². The lowest BCUT2D eigenvalue weighted by molar-refractivity contribution is 0.252. The van der Waals surface area contributed by atoms with Crippen molar-refractivity contribution < 1.29 is 0 Å². The minimum atomic E-state index is 0.868. The fourth-order valence-corrected chi connectivity index (χ4v) is 4.38. The Morgan fingerprint density at radius 1 is 0.722 bits per heavy atom. The summed E-state index contributed by atoms with van der Waals surface area (Å²) in [6, 6.07) is 0.868. The fourth-order valence-electron chi connectivity index (χ4n) is 4.38. The first-order valence-electron chi connectivity index (χ1n) is 8.65. The second-order valence-electron chi connectivity index (χ2n) is 7.21. The molecule has 104 valence electrons. The average molecular weight is 249 g/mol. The van der Waals surface area contributed by atoms with E-state index < -0.39 is 0 Å². The lowest BCUT2D eigenvalue weighted by atomic mass is 9.82. The van der Waals surface area contributed by atoms with E-state index in [4.69, 9.17) is 0 Å². The van der Waals surface area contributed by atoms with Crippen LogP contribution in [0.5, 0.6) is 0 Å². The predicted molar refractivity (Wildman–Crippen MR) is 77.7 cm³/mol. The molecule has 2 unspecified atom stereocenters. The van der Waals surface area contributed by atoms with Crippen molar-refractivity contribution >= 4 is 0 Å². The number of hydrogen-bond acceptors (Lipinski definition) is 1. The van der Waals surface area contributed by atoms with E-state index in [1.807, 2.05) is 0 Å². The predicted octanol–water partition coefficient (Wildman–Crippen LogP) is 4.52. The van der Waals surface area contributed by atoms with E-state index in [1.165, 1.54) is 70.8 Å². The molecule has 0 amide bonds. The molecule has 0 radical (unpaired) electrons. The first kappa shape index (κ1) is 13.0. The third-order valence-electron chi connectivity index (χ3n) is 5.71. The molecule has 0 heterocycles. The fraction of sp³-hybridized carbons (Fsp3) is 1.00. The lowest BCUT2D eigenvalue weighted by Gasteiger charge is -2.31. The van der Waals surface area contributed by atoms with Crippen LogP contribution in [-0.4, -0.2) is 12.6 Å². The van der Waals surface area contributed by atoms with Crippen LogP contribution in [0.3, 0.4) is 0 Å². The molecule has 0 saturated heterocycles. The van der Waals surface area contributed by atoms with Crippen LogP contribution in [0.25, 0.3) is 0 Å². The third-order valence-corrected chi connectivity index (χ3v) is 5.71. The van der Waals surface area contributed by atoms with E-state index in [2.05, 4.69) is 5.32 Å². The van der Waals surface area contributed by atoms with E-state index in [1.54, 1.807) is 12.8 Å². The van der Waals surface area contributed by atoms with Crippen LogP contribution in [-0.2, 0) is 0 Å². The van der Waals surface area contributed by atoms with Crippen molar-refractivity contribution in [2.45, 2.75) is 83.1 Å². The highest BCUT2D eigenvalue weighted by molar-refractivity contribution is 4.87. The van der Waals surface area contributed by atoms with E-state index in [0.29, 0.717) is 0 Å². The van der Waals surface area contributed by atoms with Crippen LogP contribution >= 0.6 is 0 Å². The van der Waals surface area contributed by atoms with Gasteiger partial charge in [0, 0.05) is 6.04 Å². The maximum atomic E-state index is 3.88. The smallest absolute Gasteiger partial charge is 0.00698 e. The van der Waals surface area contributed by atoms with Crippen molar-refractivity contribution in [2.75, 3.05) is 6.54 Å². The van der Waals surface area contributed by atoms with Crippen LogP contribution in [0, 0.1) is 17.8 Å². The van der Waals surface area contributed by atoms with Crippen molar-refractivity contribution in [2.24, 2.45) is 17.8 Å². The summed E-state index contributed by atoms with van der Waals surface area (Å²) in [4.78, 5) is 0. The highest BCUT2D eigenvalue weighted by Crippen LogP contribution is 2.43. The molecule has 18 heavy (non-hydrogen) atoms. The zero-order valence-electron chi connectivity index (χ0n) is 12.0. The van der Waals surface area contributed by atoms with Gasteiger partial charge in [0.1, 0.15) is 0 Å². The topological polar surface area (TPSA) is 12.0 Å². The van der Waals surface area contributed by atoms with Gasteiger partial charge in [-0.2, -0.15) is 0 Å². The maximum absolute atomic E-state index is 3.88. The van der Waals surface area contributed by atoms with Gasteiger partial charge >= 0.3 is 0 Å². The lowest BCUT2D eigenvalue weighted by Crippen LogP contribution is -2.36. The Bertz CT molecular complexity index is 240. The van der Waals surface area contributed by atoms with Crippen LogP contribution in [0.15, 0.2) is 0 Å². The quantitative estimate of drug-likeness (QED) is 0.755. The summed E-state index contributed by atoms with van der Waals surface area (Å²) in [6.07, 6.45) is 18.0. The van der Waals surface area contributed by atoms with Gasteiger partial charge in [0.05, 0.1) is 0 Å². The molecule has 0 spiro atoms. The monoisotopic (exact) mass is 249 g/mol. The van der Waals surface area contributed by atoms with Crippen molar-refractivity contribution in [1.82, 2.24) is 5.32 Å². The molecule has 3 aliphatic rings. The van der Waals surface area contributed by atoms with Gasteiger partial charge in [-0.15, -0.1) is 0 Å². The SMILES string of the molecule is C1CCC(CCNC2CCCC(C3CC3)C2)CC1. The summed E-state index contributed by atoms with van der Waals surface area (Å²) in [5.74, 6) is 3.27. The zero-order valence-corrected chi connectivity index (χ0v) is 12.0. The van der Waals surface area contributed by atoms with Gasteiger partial charge in [-0.3, -0.25) is 0 Å². The Kier molecular flexibility index (Phi) is 4.62. The van der Waals surface area contributed by atoms with Gasteiger partial charge < -0.3 is 5.32 Å². The van der Waals surface area contributed by atoms with E-state index in [-0.39, 0.29) is 0 Å². The number of nitrogens with one attached hydrogen (secondary N) is 1. The number of hydrogen-bond donors (Lipinski definition) is 1. The average Bonchev–Trinajstić information content (AvgIpc) is 3.25. The molecule has 1 heteroatoms. The third kappa shape index (κ3) is 3.73.